The Labute approximate surface area is 133 Å². The second-order valence-corrected chi connectivity index (χ2v) is 7.57. The van der Waals surface area contributed by atoms with Crippen LogP contribution in [0.2, 0.25) is 0 Å². The minimum Gasteiger partial charge on any atom is -0.444 e. The van der Waals surface area contributed by atoms with Gasteiger partial charge in [0.1, 0.15) is 5.60 Å². The van der Waals surface area contributed by atoms with Crippen molar-refractivity contribution in [3.05, 3.63) is 0 Å². The maximum atomic E-state index is 12.5. The van der Waals surface area contributed by atoms with Crippen LogP contribution in [0.15, 0.2) is 0 Å². The van der Waals surface area contributed by atoms with Gasteiger partial charge >= 0.3 is 6.09 Å². The van der Waals surface area contributed by atoms with Gasteiger partial charge in [-0.15, -0.1) is 0 Å². The Balaban J connectivity index is 1.70. The lowest BCUT2D eigenvalue weighted by Gasteiger charge is -2.49. The van der Waals surface area contributed by atoms with Gasteiger partial charge in [0.25, 0.3) is 0 Å². The SMILES string of the molecule is CC(C)(C)OC(=O)N1CCN[C@@H]2C(N3CCCC3)COC[C@H]21. The average Bonchev–Trinajstić information content (AvgIpc) is 2.98. The van der Waals surface area contributed by atoms with Gasteiger partial charge in [-0.1, -0.05) is 0 Å². The predicted molar refractivity (Wildman–Crippen MR) is 83.9 cm³/mol. The molecule has 0 spiro atoms. The molecule has 126 valence electrons. The number of hydrogen-bond acceptors (Lipinski definition) is 5. The molecule has 1 unspecified atom stereocenters. The highest BCUT2D eigenvalue weighted by atomic mass is 16.6. The molecule has 3 saturated heterocycles. The number of piperazine rings is 1. The summed E-state index contributed by atoms with van der Waals surface area (Å²) in [5, 5.41) is 3.62. The summed E-state index contributed by atoms with van der Waals surface area (Å²) in [5.41, 5.74) is -0.457. The largest absolute Gasteiger partial charge is 0.444 e. The van der Waals surface area contributed by atoms with Crippen molar-refractivity contribution >= 4 is 6.09 Å². The van der Waals surface area contributed by atoms with Gasteiger partial charge in [0, 0.05) is 19.1 Å². The maximum Gasteiger partial charge on any atom is 0.410 e. The first-order valence-corrected chi connectivity index (χ1v) is 8.50. The van der Waals surface area contributed by atoms with Crippen LogP contribution in [0.5, 0.6) is 0 Å². The third-order valence-corrected chi connectivity index (χ3v) is 4.78. The van der Waals surface area contributed by atoms with E-state index < -0.39 is 5.60 Å². The number of amides is 1. The fourth-order valence-corrected chi connectivity index (χ4v) is 3.80. The van der Waals surface area contributed by atoms with Gasteiger partial charge in [0.05, 0.1) is 25.3 Å². The number of rotatable bonds is 1. The van der Waals surface area contributed by atoms with E-state index in [1.54, 1.807) is 0 Å². The molecule has 0 aromatic carbocycles. The Hall–Kier alpha value is -0.850. The van der Waals surface area contributed by atoms with Crippen molar-refractivity contribution in [1.82, 2.24) is 15.1 Å². The lowest BCUT2D eigenvalue weighted by atomic mass is 9.94. The molecule has 3 fully saturated rings. The molecule has 6 heteroatoms. The number of hydrogen-bond donors (Lipinski definition) is 1. The van der Waals surface area contributed by atoms with Crippen molar-refractivity contribution in [1.29, 1.82) is 0 Å². The van der Waals surface area contributed by atoms with Gasteiger partial charge in [0.15, 0.2) is 0 Å². The highest BCUT2D eigenvalue weighted by Crippen LogP contribution is 2.25. The molecular formula is C16H29N3O3. The quantitative estimate of drug-likeness (QED) is 0.785. The summed E-state index contributed by atoms with van der Waals surface area (Å²) >= 11 is 0. The van der Waals surface area contributed by atoms with Gasteiger partial charge in [-0.05, 0) is 46.7 Å². The van der Waals surface area contributed by atoms with Crippen LogP contribution >= 0.6 is 0 Å². The van der Waals surface area contributed by atoms with E-state index in [0.29, 0.717) is 19.2 Å². The molecule has 0 bridgehead atoms. The lowest BCUT2D eigenvalue weighted by molar-refractivity contribution is -0.0702. The predicted octanol–water partition coefficient (Wildman–Crippen LogP) is 1.06. The Morgan fingerprint density at radius 2 is 1.82 bits per heavy atom. The summed E-state index contributed by atoms with van der Waals surface area (Å²) in [6, 6.07) is 0.725. The van der Waals surface area contributed by atoms with E-state index in [1.165, 1.54) is 12.8 Å². The molecule has 3 aliphatic heterocycles. The summed E-state index contributed by atoms with van der Waals surface area (Å²) in [6.07, 6.45) is 2.32. The molecule has 22 heavy (non-hydrogen) atoms. The first-order valence-electron chi connectivity index (χ1n) is 8.50. The standard InChI is InChI=1S/C16H29N3O3/c1-16(2,3)22-15(20)19-9-6-17-14-12(10-21-11-13(14)19)18-7-4-5-8-18/h12-14,17H,4-11H2,1-3H3/t12?,13-,14-/m1/s1. The number of carbonyl (C=O) groups is 1. The van der Waals surface area contributed by atoms with Gasteiger partial charge in [-0.2, -0.15) is 0 Å². The van der Waals surface area contributed by atoms with Crippen molar-refractivity contribution in [2.45, 2.75) is 57.3 Å². The van der Waals surface area contributed by atoms with Crippen molar-refractivity contribution in [2.24, 2.45) is 0 Å². The van der Waals surface area contributed by atoms with Crippen LogP contribution < -0.4 is 5.32 Å². The number of likely N-dealkylation sites (tertiary alicyclic amines) is 1. The first kappa shape index (κ1) is 16.0. The molecule has 3 aliphatic rings. The van der Waals surface area contributed by atoms with Crippen molar-refractivity contribution in [3.8, 4) is 0 Å². The molecule has 3 rings (SSSR count). The average molecular weight is 311 g/mol. The molecule has 6 nitrogen and oxygen atoms in total. The van der Waals surface area contributed by atoms with Crippen LogP contribution in [0.25, 0.3) is 0 Å². The molecule has 0 radical (unpaired) electrons. The van der Waals surface area contributed by atoms with E-state index in [-0.39, 0.29) is 18.2 Å². The molecule has 0 saturated carbocycles. The summed E-state index contributed by atoms with van der Waals surface area (Å²) < 4.78 is 11.4. The molecule has 3 heterocycles. The first-order chi connectivity index (χ1) is 10.5. The molecule has 0 aromatic rings. The zero-order valence-corrected chi connectivity index (χ0v) is 14.0. The molecule has 1 N–H and O–H groups in total. The van der Waals surface area contributed by atoms with Crippen LogP contribution in [0.3, 0.4) is 0 Å². The molecule has 3 atom stereocenters. The summed E-state index contributed by atoms with van der Waals surface area (Å²) in [4.78, 5) is 16.9. The summed E-state index contributed by atoms with van der Waals surface area (Å²) in [5.74, 6) is 0. The van der Waals surface area contributed by atoms with Gasteiger partial charge < -0.3 is 14.8 Å². The van der Waals surface area contributed by atoms with Crippen LogP contribution in [0.1, 0.15) is 33.6 Å². The highest BCUT2D eigenvalue weighted by Gasteiger charge is 2.45. The lowest BCUT2D eigenvalue weighted by Crippen LogP contribution is -2.70. The number of fused-ring (bicyclic) bond motifs is 1. The number of carbonyl (C=O) groups excluding carboxylic acids is 1. The fourth-order valence-electron chi connectivity index (χ4n) is 3.80. The van der Waals surface area contributed by atoms with E-state index >= 15 is 0 Å². The Morgan fingerprint density at radius 1 is 1.14 bits per heavy atom. The minimum absolute atomic E-state index is 0.0722. The van der Waals surface area contributed by atoms with E-state index in [4.69, 9.17) is 9.47 Å². The molecule has 1 amide bonds. The summed E-state index contributed by atoms with van der Waals surface area (Å²) in [6.45, 7) is 10.9. The Morgan fingerprint density at radius 3 is 2.50 bits per heavy atom. The number of nitrogens with zero attached hydrogens (tertiary/aromatic N) is 2. The van der Waals surface area contributed by atoms with Crippen molar-refractivity contribution in [3.63, 3.8) is 0 Å². The van der Waals surface area contributed by atoms with Crippen LogP contribution in [0.4, 0.5) is 4.79 Å². The van der Waals surface area contributed by atoms with Gasteiger partial charge in [-0.25, -0.2) is 4.79 Å². The fraction of sp³-hybridized carbons (Fsp3) is 0.938. The van der Waals surface area contributed by atoms with Crippen molar-refractivity contribution < 1.29 is 14.3 Å². The second kappa shape index (κ2) is 6.34. The van der Waals surface area contributed by atoms with E-state index in [9.17, 15) is 4.79 Å². The normalized spacial score (nSPS) is 33.6. The van der Waals surface area contributed by atoms with E-state index in [0.717, 1.165) is 26.2 Å². The third-order valence-electron chi connectivity index (χ3n) is 4.78. The second-order valence-electron chi connectivity index (χ2n) is 7.57. The minimum atomic E-state index is -0.457. The Kier molecular flexibility index (Phi) is 4.61. The number of ether oxygens (including phenoxy) is 2. The Bertz CT molecular complexity index is 404. The molecular weight excluding hydrogens is 282 g/mol. The summed E-state index contributed by atoms with van der Waals surface area (Å²) in [7, 11) is 0. The monoisotopic (exact) mass is 311 g/mol. The van der Waals surface area contributed by atoms with E-state index in [2.05, 4.69) is 10.2 Å². The van der Waals surface area contributed by atoms with Gasteiger partial charge in [0.2, 0.25) is 0 Å². The van der Waals surface area contributed by atoms with Crippen LogP contribution in [0, 0.1) is 0 Å². The molecule has 0 aromatic heterocycles. The topological polar surface area (TPSA) is 54.0 Å². The smallest absolute Gasteiger partial charge is 0.410 e. The number of nitrogens with one attached hydrogen (secondary N) is 1. The van der Waals surface area contributed by atoms with Crippen LogP contribution in [-0.4, -0.2) is 79.0 Å². The van der Waals surface area contributed by atoms with Crippen LogP contribution in [-0.2, 0) is 9.47 Å². The van der Waals surface area contributed by atoms with Crippen molar-refractivity contribution in [2.75, 3.05) is 39.4 Å². The molecule has 0 aliphatic carbocycles. The zero-order chi connectivity index (χ0) is 15.7. The maximum absolute atomic E-state index is 12.5. The third kappa shape index (κ3) is 3.39. The van der Waals surface area contributed by atoms with Gasteiger partial charge in [-0.3, -0.25) is 9.80 Å². The zero-order valence-electron chi connectivity index (χ0n) is 14.0. The van der Waals surface area contributed by atoms with E-state index in [1.807, 2.05) is 25.7 Å². The highest BCUT2D eigenvalue weighted by molar-refractivity contribution is 5.69.